The molecule has 36 heavy (non-hydrogen) atoms. The number of rotatable bonds is 7. The predicted octanol–water partition coefficient (Wildman–Crippen LogP) is 2.97. The first-order chi connectivity index (χ1) is 17.4. The zero-order valence-corrected chi connectivity index (χ0v) is 21.4. The molecule has 0 saturated carbocycles. The second kappa shape index (κ2) is 9.69. The Hall–Kier alpha value is -3.79. The van der Waals surface area contributed by atoms with E-state index in [9.17, 15) is 9.59 Å². The van der Waals surface area contributed by atoms with Crippen molar-refractivity contribution in [1.29, 1.82) is 0 Å². The zero-order valence-electron chi connectivity index (χ0n) is 20.6. The number of anilines is 1. The molecule has 0 aliphatic carbocycles. The van der Waals surface area contributed by atoms with E-state index in [1.165, 1.54) is 11.3 Å². The molecule has 1 unspecified atom stereocenters. The average Bonchev–Trinajstić information content (AvgIpc) is 3.59. The van der Waals surface area contributed by atoms with Crippen molar-refractivity contribution in [2.24, 2.45) is 4.99 Å². The number of nitrogens with zero attached hydrogens (tertiary/aromatic N) is 3. The molecule has 0 amide bonds. The number of ether oxygens (including phenoxy) is 3. The second-order valence-corrected chi connectivity index (χ2v) is 9.27. The SMILES string of the molecule is CCOC(=O)C1=C(C)N=c2s/c(=C/c3ccc(N(CC)CC)o3)c(=O)n2C1c1ccc2c(c1)OCO2. The van der Waals surface area contributed by atoms with Crippen LogP contribution >= 0.6 is 11.3 Å². The molecule has 1 aromatic carbocycles. The lowest BCUT2D eigenvalue weighted by atomic mass is 9.95. The largest absolute Gasteiger partial charge is 0.463 e. The number of hydrogen-bond acceptors (Lipinski definition) is 9. The van der Waals surface area contributed by atoms with Crippen LogP contribution in [0.5, 0.6) is 11.5 Å². The molecule has 0 bridgehead atoms. The molecule has 2 aliphatic rings. The molecule has 0 fully saturated rings. The third-order valence-corrected chi connectivity index (χ3v) is 7.17. The van der Waals surface area contributed by atoms with Gasteiger partial charge in [-0.1, -0.05) is 17.4 Å². The van der Waals surface area contributed by atoms with E-state index in [0.29, 0.717) is 43.4 Å². The van der Waals surface area contributed by atoms with Crippen LogP contribution in [0, 0.1) is 0 Å². The molecule has 9 nitrogen and oxygen atoms in total. The van der Waals surface area contributed by atoms with Crippen molar-refractivity contribution >= 4 is 29.3 Å². The van der Waals surface area contributed by atoms with Crippen LogP contribution in [0.3, 0.4) is 0 Å². The van der Waals surface area contributed by atoms with Crippen LogP contribution in [0.4, 0.5) is 5.88 Å². The molecule has 0 saturated heterocycles. The van der Waals surface area contributed by atoms with Gasteiger partial charge < -0.3 is 23.5 Å². The molecule has 3 aromatic rings. The van der Waals surface area contributed by atoms with Crippen molar-refractivity contribution in [3.63, 3.8) is 0 Å². The third kappa shape index (κ3) is 4.11. The Kier molecular flexibility index (Phi) is 6.44. The van der Waals surface area contributed by atoms with Gasteiger partial charge in [-0.25, -0.2) is 9.79 Å². The first-order valence-corrected chi connectivity index (χ1v) is 12.7. The van der Waals surface area contributed by atoms with Crippen molar-refractivity contribution in [2.45, 2.75) is 33.7 Å². The third-order valence-electron chi connectivity index (χ3n) is 6.19. The zero-order chi connectivity index (χ0) is 25.4. The minimum atomic E-state index is -0.722. The fourth-order valence-corrected chi connectivity index (χ4v) is 5.47. The lowest BCUT2D eigenvalue weighted by molar-refractivity contribution is -0.139. The van der Waals surface area contributed by atoms with E-state index in [1.54, 1.807) is 36.6 Å². The number of esters is 1. The normalized spacial score (nSPS) is 16.7. The fourth-order valence-electron chi connectivity index (χ4n) is 4.44. The molecule has 0 N–H and O–H groups in total. The van der Waals surface area contributed by atoms with Crippen LogP contribution in [-0.2, 0) is 9.53 Å². The van der Waals surface area contributed by atoms with E-state index >= 15 is 0 Å². The van der Waals surface area contributed by atoms with Gasteiger partial charge in [-0.05, 0) is 51.5 Å². The molecule has 4 heterocycles. The Balaban J connectivity index is 1.66. The fraction of sp³-hybridized carbons (Fsp3) is 0.346. The molecular weight excluding hydrogens is 482 g/mol. The van der Waals surface area contributed by atoms with Crippen LogP contribution in [0.2, 0.25) is 0 Å². The van der Waals surface area contributed by atoms with Gasteiger partial charge >= 0.3 is 5.97 Å². The maximum Gasteiger partial charge on any atom is 0.338 e. The highest BCUT2D eigenvalue weighted by Gasteiger charge is 2.34. The number of fused-ring (bicyclic) bond motifs is 2. The Morgan fingerprint density at radius 3 is 2.72 bits per heavy atom. The van der Waals surface area contributed by atoms with Gasteiger partial charge in [0.2, 0.25) is 6.79 Å². The molecule has 5 rings (SSSR count). The number of carbonyl (C=O) groups excluding carboxylic acids is 1. The van der Waals surface area contributed by atoms with Crippen LogP contribution in [0.25, 0.3) is 6.08 Å². The highest BCUT2D eigenvalue weighted by atomic mass is 32.1. The Bertz CT molecular complexity index is 1530. The summed E-state index contributed by atoms with van der Waals surface area (Å²) in [6.07, 6.45) is 1.72. The van der Waals surface area contributed by atoms with E-state index in [4.69, 9.17) is 18.6 Å². The van der Waals surface area contributed by atoms with Crippen LogP contribution in [-0.4, -0.2) is 37.0 Å². The predicted molar refractivity (Wildman–Crippen MR) is 135 cm³/mol. The average molecular weight is 510 g/mol. The van der Waals surface area contributed by atoms with Crippen LogP contribution in [0.1, 0.15) is 45.1 Å². The smallest absolute Gasteiger partial charge is 0.338 e. The van der Waals surface area contributed by atoms with E-state index in [0.717, 1.165) is 19.0 Å². The summed E-state index contributed by atoms with van der Waals surface area (Å²) < 4.78 is 24.3. The van der Waals surface area contributed by atoms with Crippen molar-refractivity contribution in [2.75, 3.05) is 31.4 Å². The maximum atomic E-state index is 13.7. The summed E-state index contributed by atoms with van der Waals surface area (Å²) in [5.74, 6) is 1.99. The molecule has 1 atom stereocenters. The minimum Gasteiger partial charge on any atom is -0.463 e. The summed E-state index contributed by atoms with van der Waals surface area (Å²) in [6.45, 7) is 9.59. The van der Waals surface area contributed by atoms with Crippen molar-refractivity contribution in [3.05, 3.63) is 72.6 Å². The van der Waals surface area contributed by atoms with Gasteiger partial charge in [-0.3, -0.25) is 9.36 Å². The second-order valence-electron chi connectivity index (χ2n) is 8.26. The van der Waals surface area contributed by atoms with Crippen molar-refractivity contribution in [3.8, 4) is 11.5 Å². The lowest BCUT2D eigenvalue weighted by Crippen LogP contribution is -2.39. The first-order valence-electron chi connectivity index (χ1n) is 11.9. The molecule has 188 valence electrons. The Labute approximate surface area is 211 Å². The van der Waals surface area contributed by atoms with Gasteiger partial charge in [0, 0.05) is 25.2 Å². The number of hydrogen-bond donors (Lipinski definition) is 0. The molecular formula is C26H27N3O6S. The van der Waals surface area contributed by atoms with Crippen LogP contribution < -0.4 is 29.3 Å². The number of allylic oxidation sites excluding steroid dienone is 1. The number of thiazole rings is 1. The summed E-state index contributed by atoms with van der Waals surface area (Å²) >= 11 is 1.25. The van der Waals surface area contributed by atoms with E-state index in [-0.39, 0.29) is 19.0 Å². The summed E-state index contributed by atoms with van der Waals surface area (Å²) in [4.78, 5) is 33.9. The van der Waals surface area contributed by atoms with Crippen molar-refractivity contribution in [1.82, 2.24) is 4.57 Å². The van der Waals surface area contributed by atoms with E-state index < -0.39 is 12.0 Å². The quantitative estimate of drug-likeness (QED) is 0.452. The van der Waals surface area contributed by atoms with Gasteiger partial charge in [-0.2, -0.15) is 0 Å². The number of aromatic nitrogens is 1. The van der Waals surface area contributed by atoms with Gasteiger partial charge in [0.05, 0.1) is 28.5 Å². The minimum absolute atomic E-state index is 0.125. The monoisotopic (exact) mass is 509 g/mol. The van der Waals surface area contributed by atoms with Gasteiger partial charge in [0.15, 0.2) is 22.2 Å². The number of furan rings is 1. The summed E-state index contributed by atoms with van der Waals surface area (Å²) in [6, 6.07) is 8.43. The number of carbonyl (C=O) groups is 1. The Morgan fingerprint density at radius 1 is 1.19 bits per heavy atom. The van der Waals surface area contributed by atoms with Gasteiger partial charge in [0.1, 0.15) is 5.76 Å². The number of benzene rings is 1. The van der Waals surface area contributed by atoms with E-state index in [2.05, 4.69) is 23.7 Å². The molecule has 2 aliphatic heterocycles. The summed E-state index contributed by atoms with van der Waals surface area (Å²) in [5.41, 5.74) is 1.25. The first kappa shape index (κ1) is 23.9. The topological polar surface area (TPSA) is 95.5 Å². The summed E-state index contributed by atoms with van der Waals surface area (Å²) in [7, 11) is 0. The van der Waals surface area contributed by atoms with E-state index in [1.807, 2.05) is 18.2 Å². The highest BCUT2D eigenvalue weighted by molar-refractivity contribution is 7.07. The standard InChI is InChI=1S/C26H27N3O6S/c1-5-28(6-2)21-11-9-17(35-21)13-20-24(30)29-23(16-8-10-18-19(12-16)34-14-33-18)22(25(31)32-7-3)15(4)27-26(29)36-20/h8-13,23H,5-7,14H2,1-4H3/b20-13+. The molecule has 0 spiro atoms. The molecule has 0 radical (unpaired) electrons. The van der Waals surface area contributed by atoms with Crippen molar-refractivity contribution < 1.29 is 23.4 Å². The molecule has 10 heteroatoms. The molecule has 2 aromatic heterocycles. The van der Waals surface area contributed by atoms with Gasteiger partial charge in [-0.15, -0.1) is 0 Å². The maximum absolute atomic E-state index is 13.7. The van der Waals surface area contributed by atoms with Gasteiger partial charge in [0.25, 0.3) is 5.56 Å². The highest BCUT2D eigenvalue weighted by Crippen LogP contribution is 2.38. The Morgan fingerprint density at radius 2 is 1.97 bits per heavy atom. The lowest BCUT2D eigenvalue weighted by Gasteiger charge is -2.24. The van der Waals surface area contributed by atoms with Crippen LogP contribution in [0.15, 0.2) is 55.8 Å². The summed E-state index contributed by atoms with van der Waals surface area (Å²) in [5, 5.41) is 0.